The zero-order chi connectivity index (χ0) is 18.4. The third kappa shape index (κ3) is 5.41. The van der Waals surface area contributed by atoms with Crippen molar-refractivity contribution in [2.45, 2.75) is 43.4 Å². The van der Waals surface area contributed by atoms with E-state index in [0.717, 1.165) is 28.2 Å². The summed E-state index contributed by atoms with van der Waals surface area (Å²) in [7, 11) is 1.66. The molecule has 25 heavy (non-hydrogen) atoms. The maximum Gasteiger partial charge on any atom is 0.233 e. The van der Waals surface area contributed by atoms with E-state index < -0.39 is 0 Å². The van der Waals surface area contributed by atoms with Gasteiger partial charge in [-0.25, -0.2) is 0 Å². The van der Waals surface area contributed by atoms with Crippen molar-refractivity contribution in [2.75, 3.05) is 7.11 Å². The van der Waals surface area contributed by atoms with E-state index in [1.165, 1.54) is 11.8 Å². The SMILES string of the molecule is CC[C@H](NC(=O)[C@@H](C)Sc1ccc(Cl)cc1)c1ccc(OC)c(C)c1. The zero-order valence-corrected chi connectivity index (χ0v) is 16.6. The van der Waals surface area contributed by atoms with Gasteiger partial charge in [0.15, 0.2) is 0 Å². The summed E-state index contributed by atoms with van der Waals surface area (Å²) < 4.78 is 5.31. The molecule has 1 N–H and O–H groups in total. The Balaban J connectivity index is 2.03. The molecule has 2 aromatic rings. The van der Waals surface area contributed by atoms with Crippen LogP contribution in [0.1, 0.15) is 37.4 Å². The summed E-state index contributed by atoms with van der Waals surface area (Å²) in [6.45, 7) is 6.00. The second kappa shape index (κ2) is 9.16. The lowest BCUT2D eigenvalue weighted by Crippen LogP contribution is -2.34. The first kappa shape index (κ1) is 19.7. The Morgan fingerprint density at radius 3 is 2.48 bits per heavy atom. The number of aryl methyl sites for hydroxylation is 1. The van der Waals surface area contributed by atoms with E-state index >= 15 is 0 Å². The smallest absolute Gasteiger partial charge is 0.233 e. The number of ether oxygens (including phenoxy) is 1. The molecule has 0 unspecified atom stereocenters. The fraction of sp³-hybridized carbons (Fsp3) is 0.350. The number of halogens is 1. The van der Waals surface area contributed by atoms with E-state index in [4.69, 9.17) is 16.3 Å². The van der Waals surface area contributed by atoms with Crippen LogP contribution >= 0.6 is 23.4 Å². The fourth-order valence-electron chi connectivity index (χ4n) is 2.60. The number of benzene rings is 2. The molecule has 0 aromatic heterocycles. The van der Waals surface area contributed by atoms with Gasteiger partial charge in [0.2, 0.25) is 5.91 Å². The van der Waals surface area contributed by atoms with Crippen molar-refractivity contribution in [2.24, 2.45) is 0 Å². The molecular weight excluding hydrogens is 354 g/mol. The monoisotopic (exact) mass is 377 g/mol. The molecule has 1 amide bonds. The Labute approximate surface area is 159 Å². The summed E-state index contributed by atoms with van der Waals surface area (Å²) in [4.78, 5) is 13.6. The Morgan fingerprint density at radius 1 is 1.24 bits per heavy atom. The average molecular weight is 378 g/mol. The minimum Gasteiger partial charge on any atom is -0.496 e. The third-order valence-electron chi connectivity index (χ3n) is 4.04. The fourth-order valence-corrected chi connectivity index (χ4v) is 3.60. The number of methoxy groups -OCH3 is 1. The molecule has 0 bridgehead atoms. The predicted octanol–water partition coefficient (Wildman–Crippen LogP) is 5.41. The third-order valence-corrected chi connectivity index (χ3v) is 5.41. The summed E-state index contributed by atoms with van der Waals surface area (Å²) >= 11 is 7.43. The van der Waals surface area contributed by atoms with Crippen LogP contribution < -0.4 is 10.1 Å². The van der Waals surface area contributed by atoms with Gasteiger partial charge in [-0.3, -0.25) is 4.79 Å². The number of rotatable bonds is 7. The second-order valence-corrected chi connectivity index (χ2v) is 7.76. The van der Waals surface area contributed by atoms with Gasteiger partial charge in [0, 0.05) is 9.92 Å². The first-order valence-corrected chi connectivity index (χ1v) is 9.57. The number of hydrogen-bond acceptors (Lipinski definition) is 3. The van der Waals surface area contributed by atoms with Crippen LogP contribution in [0.15, 0.2) is 47.4 Å². The van der Waals surface area contributed by atoms with Gasteiger partial charge in [-0.15, -0.1) is 11.8 Å². The highest BCUT2D eigenvalue weighted by atomic mass is 35.5. The second-order valence-electron chi connectivity index (χ2n) is 5.91. The molecule has 0 radical (unpaired) electrons. The van der Waals surface area contributed by atoms with E-state index in [1.54, 1.807) is 7.11 Å². The lowest BCUT2D eigenvalue weighted by atomic mass is 10.0. The number of amides is 1. The molecule has 2 aromatic carbocycles. The maximum atomic E-state index is 12.6. The van der Waals surface area contributed by atoms with E-state index in [1.807, 2.05) is 50.2 Å². The highest BCUT2D eigenvalue weighted by molar-refractivity contribution is 8.00. The van der Waals surface area contributed by atoms with Crippen molar-refractivity contribution >= 4 is 29.3 Å². The van der Waals surface area contributed by atoms with E-state index in [-0.39, 0.29) is 17.2 Å². The molecule has 0 aliphatic rings. The summed E-state index contributed by atoms with van der Waals surface area (Å²) in [5.41, 5.74) is 2.16. The number of thioether (sulfide) groups is 1. The molecule has 0 aliphatic carbocycles. The predicted molar refractivity (Wildman–Crippen MR) is 106 cm³/mol. The zero-order valence-electron chi connectivity index (χ0n) is 15.0. The molecular formula is C20H24ClNO2S. The van der Waals surface area contributed by atoms with Gasteiger partial charge < -0.3 is 10.1 Å². The van der Waals surface area contributed by atoms with Gasteiger partial charge in [-0.05, 0) is 61.7 Å². The number of carbonyl (C=O) groups excluding carboxylic acids is 1. The van der Waals surface area contributed by atoms with E-state index in [9.17, 15) is 4.79 Å². The Kier molecular flexibility index (Phi) is 7.21. The number of hydrogen-bond donors (Lipinski definition) is 1. The van der Waals surface area contributed by atoms with Gasteiger partial charge in [0.1, 0.15) is 5.75 Å². The Morgan fingerprint density at radius 2 is 1.92 bits per heavy atom. The van der Waals surface area contributed by atoms with Crippen LogP contribution in [0.5, 0.6) is 5.75 Å². The van der Waals surface area contributed by atoms with Gasteiger partial charge in [-0.1, -0.05) is 30.7 Å². The largest absolute Gasteiger partial charge is 0.496 e. The van der Waals surface area contributed by atoms with Crippen LogP contribution in [0.4, 0.5) is 0 Å². The Hall–Kier alpha value is -1.65. The average Bonchev–Trinajstić information content (AvgIpc) is 2.61. The van der Waals surface area contributed by atoms with Gasteiger partial charge in [0.25, 0.3) is 0 Å². The minimum atomic E-state index is -0.186. The Bertz CT molecular complexity index is 718. The van der Waals surface area contributed by atoms with Gasteiger partial charge in [-0.2, -0.15) is 0 Å². The van der Waals surface area contributed by atoms with Crippen LogP contribution in [0.25, 0.3) is 0 Å². The highest BCUT2D eigenvalue weighted by Crippen LogP contribution is 2.27. The molecule has 0 spiro atoms. The maximum absolute atomic E-state index is 12.6. The number of carbonyl (C=O) groups is 1. The van der Waals surface area contributed by atoms with Gasteiger partial charge in [0.05, 0.1) is 18.4 Å². The number of nitrogens with one attached hydrogen (secondary N) is 1. The van der Waals surface area contributed by atoms with Crippen molar-refractivity contribution in [3.8, 4) is 5.75 Å². The lowest BCUT2D eigenvalue weighted by molar-refractivity contribution is -0.121. The molecule has 0 saturated heterocycles. The van der Waals surface area contributed by atoms with Crippen molar-refractivity contribution in [3.63, 3.8) is 0 Å². The normalized spacial score (nSPS) is 13.2. The minimum absolute atomic E-state index is 0.00891. The highest BCUT2D eigenvalue weighted by Gasteiger charge is 2.19. The van der Waals surface area contributed by atoms with Crippen LogP contribution in [0.3, 0.4) is 0 Å². The van der Waals surface area contributed by atoms with Crippen molar-refractivity contribution in [3.05, 3.63) is 58.6 Å². The molecule has 0 heterocycles. The first-order chi connectivity index (χ1) is 11.9. The van der Waals surface area contributed by atoms with Gasteiger partial charge >= 0.3 is 0 Å². The topological polar surface area (TPSA) is 38.3 Å². The molecule has 134 valence electrons. The lowest BCUT2D eigenvalue weighted by Gasteiger charge is -2.21. The molecule has 5 heteroatoms. The first-order valence-electron chi connectivity index (χ1n) is 8.31. The molecule has 2 atom stereocenters. The van der Waals surface area contributed by atoms with Crippen molar-refractivity contribution in [1.82, 2.24) is 5.32 Å². The van der Waals surface area contributed by atoms with Crippen LogP contribution in [0, 0.1) is 6.92 Å². The molecule has 0 saturated carbocycles. The van der Waals surface area contributed by atoms with E-state index in [2.05, 4.69) is 18.3 Å². The standard InChI is InChI=1S/C20H24ClNO2S/c1-5-18(15-6-11-19(24-4)13(2)12-15)22-20(23)14(3)25-17-9-7-16(21)8-10-17/h6-12,14,18H,5H2,1-4H3,(H,22,23)/t14-,18+/m1/s1. The summed E-state index contributed by atoms with van der Waals surface area (Å²) in [6, 6.07) is 13.6. The molecule has 2 rings (SSSR count). The van der Waals surface area contributed by atoms with Crippen LogP contribution in [-0.2, 0) is 4.79 Å². The molecule has 0 aliphatic heterocycles. The summed E-state index contributed by atoms with van der Waals surface area (Å²) in [6.07, 6.45) is 0.829. The summed E-state index contributed by atoms with van der Waals surface area (Å²) in [5.74, 6) is 0.886. The van der Waals surface area contributed by atoms with E-state index in [0.29, 0.717) is 5.02 Å². The summed E-state index contributed by atoms with van der Waals surface area (Å²) in [5, 5.41) is 3.66. The van der Waals surface area contributed by atoms with Crippen LogP contribution in [0.2, 0.25) is 5.02 Å². The molecule has 0 fully saturated rings. The van der Waals surface area contributed by atoms with Crippen molar-refractivity contribution < 1.29 is 9.53 Å². The molecule has 3 nitrogen and oxygen atoms in total. The van der Waals surface area contributed by atoms with Crippen LogP contribution in [-0.4, -0.2) is 18.3 Å². The van der Waals surface area contributed by atoms with Crippen molar-refractivity contribution in [1.29, 1.82) is 0 Å². The quantitative estimate of drug-likeness (QED) is 0.656.